The molecule has 2 aliphatic rings. The van der Waals surface area contributed by atoms with E-state index >= 15 is 0 Å². The van der Waals surface area contributed by atoms with Crippen LogP contribution >= 0.6 is 0 Å². The molecule has 1 aromatic rings. The van der Waals surface area contributed by atoms with Crippen molar-refractivity contribution in [1.29, 1.82) is 0 Å². The number of hydrogen-bond donors (Lipinski definition) is 1. The van der Waals surface area contributed by atoms with Gasteiger partial charge >= 0.3 is 6.03 Å². The van der Waals surface area contributed by atoms with E-state index in [1.165, 1.54) is 10.5 Å². The topological polar surface area (TPSA) is 71.1 Å². The summed E-state index contributed by atoms with van der Waals surface area (Å²) in [7, 11) is 3.31. The summed E-state index contributed by atoms with van der Waals surface area (Å²) in [6.07, 6.45) is 2.90. The molecule has 26 heavy (non-hydrogen) atoms. The molecule has 1 aromatic carbocycles. The second-order valence-electron chi connectivity index (χ2n) is 7.65. The van der Waals surface area contributed by atoms with E-state index in [0.717, 1.165) is 37.3 Å². The maximum atomic E-state index is 12.5. The van der Waals surface area contributed by atoms with Gasteiger partial charge in [0.1, 0.15) is 0 Å². The van der Waals surface area contributed by atoms with Crippen LogP contribution in [-0.4, -0.2) is 62.3 Å². The van der Waals surface area contributed by atoms with Gasteiger partial charge in [-0.25, -0.2) is 4.79 Å². The number of carbonyl (C=O) groups is 2. The second-order valence-corrected chi connectivity index (χ2v) is 7.65. The van der Waals surface area contributed by atoms with E-state index < -0.39 is 0 Å². The molecule has 1 fully saturated rings. The number of ether oxygens (including phenoxy) is 2. The zero-order chi connectivity index (χ0) is 18.7. The molecule has 0 aromatic heterocycles. The molecule has 0 unspecified atom stereocenters. The number of urea groups is 1. The monoisotopic (exact) mass is 361 g/mol. The number of nitrogens with one attached hydrogen (secondary N) is 1. The normalized spacial score (nSPS) is 21.4. The van der Waals surface area contributed by atoms with E-state index in [2.05, 4.69) is 18.3 Å². The molecule has 3 amide bonds. The van der Waals surface area contributed by atoms with Crippen molar-refractivity contribution in [2.75, 3.05) is 40.5 Å². The molecule has 0 saturated carbocycles. The van der Waals surface area contributed by atoms with Crippen molar-refractivity contribution in [1.82, 2.24) is 15.1 Å². The summed E-state index contributed by atoms with van der Waals surface area (Å²) < 4.78 is 10.8. The van der Waals surface area contributed by atoms with E-state index in [-0.39, 0.29) is 30.7 Å². The summed E-state index contributed by atoms with van der Waals surface area (Å²) in [5.41, 5.74) is 1.19. The lowest BCUT2D eigenvalue weighted by atomic mass is 9.77. The number of likely N-dealkylation sites (tertiary alicyclic amines) is 1. The maximum absolute atomic E-state index is 12.5. The summed E-state index contributed by atoms with van der Waals surface area (Å²) in [5, 5.41) is 2.65. The first kappa shape index (κ1) is 18.4. The van der Waals surface area contributed by atoms with Crippen molar-refractivity contribution < 1.29 is 19.1 Å². The Morgan fingerprint density at radius 2 is 2.04 bits per heavy atom. The minimum Gasteiger partial charge on any atom is -0.454 e. The Morgan fingerprint density at radius 3 is 2.81 bits per heavy atom. The van der Waals surface area contributed by atoms with Crippen LogP contribution in [0.4, 0.5) is 4.79 Å². The summed E-state index contributed by atoms with van der Waals surface area (Å²) in [6.45, 7) is 3.97. The smallest absolute Gasteiger partial charge is 0.317 e. The van der Waals surface area contributed by atoms with Gasteiger partial charge in [-0.2, -0.15) is 0 Å². The van der Waals surface area contributed by atoms with Crippen LogP contribution in [0.15, 0.2) is 18.2 Å². The highest BCUT2D eigenvalue weighted by Crippen LogP contribution is 2.37. The van der Waals surface area contributed by atoms with Crippen molar-refractivity contribution in [2.45, 2.75) is 26.2 Å². The molecule has 142 valence electrons. The van der Waals surface area contributed by atoms with Crippen LogP contribution in [0.2, 0.25) is 0 Å². The lowest BCUT2D eigenvalue weighted by molar-refractivity contribution is -0.133. The van der Waals surface area contributed by atoms with Gasteiger partial charge in [0.25, 0.3) is 0 Å². The van der Waals surface area contributed by atoms with Crippen LogP contribution in [0, 0.1) is 5.41 Å². The predicted octanol–water partition coefficient (Wildman–Crippen LogP) is 1.86. The van der Waals surface area contributed by atoms with Gasteiger partial charge in [-0.05, 0) is 42.4 Å². The Morgan fingerprint density at radius 1 is 1.27 bits per heavy atom. The zero-order valence-electron chi connectivity index (χ0n) is 15.7. The van der Waals surface area contributed by atoms with E-state index in [1.807, 2.05) is 17.0 Å². The van der Waals surface area contributed by atoms with E-state index in [1.54, 1.807) is 14.1 Å². The Bertz CT molecular complexity index is 691. The molecule has 7 heteroatoms. The number of fused-ring (bicyclic) bond motifs is 1. The first-order valence-electron chi connectivity index (χ1n) is 8.98. The highest BCUT2D eigenvalue weighted by Gasteiger charge is 2.33. The Kier molecular flexibility index (Phi) is 5.25. The third kappa shape index (κ3) is 4.20. The largest absolute Gasteiger partial charge is 0.454 e. The average molecular weight is 361 g/mol. The number of nitrogens with zero attached hydrogens (tertiary/aromatic N) is 2. The second kappa shape index (κ2) is 7.43. The Labute approximate surface area is 154 Å². The summed E-state index contributed by atoms with van der Waals surface area (Å²) in [6, 6.07) is 5.80. The molecular weight excluding hydrogens is 334 g/mol. The van der Waals surface area contributed by atoms with Gasteiger partial charge < -0.3 is 24.6 Å². The van der Waals surface area contributed by atoms with Crippen LogP contribution in [0.5, 0.6) is 11.5 Å². The molecule has 3 rings (SSSR count). The lowest BCUT2D eigenvalue weighted by Gasteiger charge is -2.41. The fraction of sp³-hybridized carbons (Fsp3) is 0.579. The van der Waals surface area contributed by atoms with Crippen LogP contribution in [0.25, 0.3) is 0 Å². The highest BCUT2D eigenvalue weighted by atomic mass is 16.7. The molecular formula is C19H27N3O4. The number of amides is 3. The third-order valence-corrected chi connectivity index (χ3v) is 5.00. The number of benzene rings is 1. The molecule has 0 radical (unpaired) electrons. The minimum absolute atomic E-state index is 0.00711. The van der Waals surface area contributed by atoms with Crippen LogP contribution in [0.3, 0.4) is 0 Å². The van der Waals surface area contributed by atoms with Gasteiger partial charge in [-0.1, -0.05) is 13.0 Å². The predicted molar refractivity (Wildman–Crippen MR) is 97.3 cm³/mol. The molecule has 2 heterocycles. The Balaban J connectivity index is 1.59. The number of hydrogen-bond acceptors (Lipinski definition) is 4. The molecule has 1 atom stereocenters. The molecule has 0 spiro atoms. The standard InChI is InChI=1S/C19H27N3O4/c1-19(10-14-5-6-15-16(9-14)26-13-25-15)7-4-8-22(12-19)17(23)11-20-18(24)21(2)3/h5-6,9H,4,7-8,10-13H2,1-3H3,(H,20,24)/t19-/m1/s1. The average Bonchev–Trinajstić information content (AvgIpc) is 3.06. The van der Waals surface area contributed by atoms with Gasteiger partial charge in [-0.15, -0.1) is 0 Å². The zero-order valence-corrected chi connectivity index (χ0v) is 15.7. The van der Waals surface area contributed by atoms with Crippen molar-refractivity contribution in [3.8, 4) is 11.5 Å². The van der Waals surface area contributed by atoms with E-state index in [4.69, 9.17) is 9.47 Å². The third-order valence-electron chi connectivity index (χ3n) is 5.00. The fourth-order valence-electron chi connectivity index (χ4n) is 3.64. The molecule has 2 aliphatic heterocycles. The van der Waals surface area contributed by atoms with Crippen LogP contribution in [0.1, 0.15) is 25.3 Å². The Hall–Kier alpha value is -2.44. The van der Waals surface area contributed by atoms with Crippen LogP contribution in [-0.2, 0) is 11.2 Å². The summed E-state index contributed by atoms with van der Waals surface area (Å²) in [5.74, 6) is 1.55. The van der Waals surface area contributed by atoms with Crippen molar-refractivity contribution in [2.24, 2.45) is 5.41 Å². The van der Waals surface area contributed by atoms with Crippen molar-refractivity contribution >= 4 is 11.9 Å². The summed E-state index contributed by atoms with van der Waals surface area (Å²) in [4.78, 5) is 27.4. The minimum atomic E-state index is -0.251. The van der Waals surface area contributed by atoms with Gasteiger partial charge in [0.05, 0.1) is 6.54 Å². The molecule has 0 bridgehead atoms. The quantitative estimate of drug-likeness (QED) is 0.889. The first-order valence-corrected chi connectivity index (χ1v) is 8.98. The molecule has 7 nitrogen and oxygen atoms in total. The molecule has 1 saturated heterocycles. The number of piperidine rings is 1. The van der Waals surface area contributed by atoms with Crippen molar-refractivity contribution in [3.63, 3.8) is 0 Å². The lowest BCUT2D eigenvalue weighted by Crippen LogP contribution is -2.49. The molecule has 1 N–H and O–H groups in total. The number of rotatable bonds is 4. The van der Waals surface area contributed by atoms with Crippen LogP contribution < -0.4 is 14.8 Å². The molecule has 0 aliphatic carbocycles. The van der Waals surface area contributed by atoms with Gasteiger partial charge in [0.15, 0.2) is 11.5 Å². The maximum Gasteiger partial charge on any atom is 0.317 e. The highest BCUT2D eigenvalue weighted by molar-refractivity contribution is 5.83. The van der Waals surface area contributed by atoms with Gasteiger partial charge in [0.2, 0.25) is 12.7 Å². The van der Waals surface area contributed by atoms with Crippen molar-refractivity contribution in [3.05, 3.63) is 23.8 Å². The van der Waals surface area contributed by atoms with Gasteiger partial charge in [-0.3, -0.25) is 4.79 Å². The SMILES string of the molecule is CN(C)C(=O)NCC(=O)N1CCC[C@](C)(Cc2ccc3c(c2)OCO3)C1. The first-order chi connectivity index (χ1) is 12.4. The fourth-order valence-corrected chi connectivity index (χ4v) is 3.64. The van der Waals surface area contributed by atoms with E-state index in [0.29, 0.717) is 6.54 Å². The number of carbonyl (C=O) groups excluding carboxylic acids is 2. The van der Waals surface area contributed by atoms with Gasteiger partial charge in [0, 0.05) is 27.2 Å². The van der Waals surface area contributed by atoms with E-state index in [9.17, 15) is 9.59 Å². The summed E-state index contributed by atoms with van der Waals surface area (Å²) >= 11 is 0.